The number of ether oxygens (including phenoxy) is 1. The van der Waals surface area contributed by atoms with Crippen molar-refractivity contribution in [2.24, 2.45) is 5.73 Å². The lowest BCUT2D eigenvalue weighted by Gasteiger charge is -2.16. The molecule has 0 amide bonds. The van der Waals surface area contributed by atoms with E-state index in [-0.39, 0.29) is 6.04 Å². The van der Waals surface area contributed by atoms with E-state index in [1.54, 1.807) is 0 Å². The van der Waals surface area contributed by atoms with Crippen molar-refractivity contribution >= 4 is 0 Å². The normalized spacial score (nSPS) is 15.7. The molecule has 1 atom stereocenters. The van der Waals surface area contributed by atoms with Crippen LogP contribution in [0.15, 0.2) is 22.7 Å². The molecule has 1 aliphatic carbocycles. The summed E-state index contributed by atoms with van der Waals surface area (Å²) in [5, 5.41) is 3.85. The monoisotopic (exact) mass is 273 g/mol. The van der Waals surface area contributed by atoms with Crippen molar-refractivity contribution in [3.63, 3.8) is 0 Å². The molecule has 1 heterocycles. The smallest absolute Gasteiger partial charge is 0.243 e. The fraction of sp³-hybridized carbons (Fsp3) is 0.467. The van der Waals surface area contributed by atoms with Crippen molar-refractivity contribution in [1.29, 1.82) is 0 Å². The van der Waals surface area contributed by atoms with Gasteiger partial charge in [0.25, 0.3) is 0 Å². The van der Waals surface area contributed by atoms with Crippen molar-refractivity contribution in [2.45, 2.75) is 45.3 Å². The minimum Gasteiger partial charge on any atom is -0.485 e. The van der Waals surface area contributed by atoms with Crippen LogP contribution in [0.5, 0.6) is 5.75 Å². The molecule has 2 N–H and O–H groups in total. The second-order valence-corrected chi connectivity index (χ2v) is 5.26. The molecule has 0 saturated carbocycles. The number of nitrogens with two attached hydrogens (primary N) is 1. The number of aromatic nitrogens is 2. The zero-order valence-corrected chi connectivity index (χ0v) is 11.6. The topological polar surface area (TPSA) is 74.2 Å². The van der Waals surface area contributed by atoms with Crippen molar-refractivity contribution in [1.82, 2.24) is 10.1 Å². The van der Waals surface area contributed by atoms with Crippen LogP contribution in [-0.2, 0) is 19.4 Å². The average Bonchev–Trinajstić information content (AvgIpc) is 2.94. The van der Waals surface area contributed by atoms with Crippen LogP contribution in [0.4, 0.5) is 0 Å². The summed E-state index contributed by atoms with van der Waals surface area (Å²) >= 11 is 0. The number of aryl methyl sites for hydroxylation is 2. The molecule has 106 valence electrons. The van der Waals surface area contributed by atoms with Crippen LogP contribution < -0.4 is 10.5 Å². The van der Waals surface area contributed by atoms with Gasteiger partial charge < -0.3 is 15.0 Å². The third-order valence-electron chi connectivity index (χ3n) is 3.56. The summed E-state index contributed by atoms with van der Waals surface area (Å²) in [7, 11) is 0. The lowest BCUT2D eigenvalue weighted by Crippen LogP contribution is -2.06. The van der Waals surface area contributed by atoms with Gasteiger partial charge in [0.1, 0.15) is 5.75 Å². The number of benzene rings is 1. The highest BCUT2D eigenvalue weighted by atomic mass is 16.5. The zero-order chi connectivity index (χ0) is 13.9. The Morgan fingerprint density at radius 1 is 1.30 bits per heavy atom. The second kappa shape index (κ2) is 5.63. The summed E-state index contributed by atoms with van der Waals surface area (Å²) in [6, 6.07) is 6.05. The molecule has 3 rings (SSSR count). The van der Waals surface area contributed by atoms with Gasteiger partial charge >= 0.3 is 0 Å². The highest BCUT2D eigenvalue weighted by Gasteiger charge is 2.12. The highest BCUT2D eigenvalue weighted by molar-refractivity contribution is 5.37. The van der Waals surface area contributed by atoms with E-state index in [0.717, 1.165) is 12.2 Å². The molecular weight excluding hydrogens is 254 g/mol. The molecule has 0 radical (unpaired) electrons. The van der Waals surface area contributed by atoms with Crippen molar-refractivity contribution in [3.8, 4) is 5.75 Å². The molecule has 1 aromatic heterocycles. The van der Waals surface area contributed by atoms with Crippen molar-refractivity contribution in [2.75, 3.05) is 0 Å². The fourth-order valence-electron chi connectivity index (χ4n) is 2.46. The molecule has 1 unspecified atom stereocenters. The van der Waals surface area contributed by atoms with Gasteiger partial charge in [-0.3, -0.25) is 0 Å². The molecule has 0 spiro atoms. The molecule has 0 aliphatic heterocycles. The third-order valence-corrected chi connectivity index (χ3v) is 3.56. The standard InChI is InChI=1S/C15H19N3O2/c1-10(16)15-17-14(18-20-15)9-19-13-7-6-11-4-2-3-5-12(11)8-13/h6-8,10H,2-5,9,16H2,1H3. The highest BCUT2D eigenvalue weighted by Crippen LogP contribution is 2.25. The zero-order valence-electron chi connectivity index (χ0n) is 11.6. The maximum atomic E-state index is 5.73. The van der Waals surface area contributed by atoms with Crippen molar-refractivity contribution < 1.29 is 9.26 Å². The van der Waals surface area contributed by atoms with E-state index in [1.807, 2.05) is 13.0 Å². The SMILES string of the molecule is CC(N)c1nc(COc2ccc3c(c2)CCCC3)no1. The maximum absolute atomic E-state index is 5.73. The molecule has 20 heavy (non-hydrogen) atoms. The Morgan fingerprint density at radius 2 is 2.10 bits per heavy atom. The Bertz CT molecular complexity index is 593. The van der Waals surface area contributed by atoms with Gasteiger partial charge in [-0.15, -0.1) is 0 Å². The average molecular weight is 273 g/mol. The molecule has 0 saturated heterocycles. The fourth-order valence-corrected chi connectivity index (χ4v) is 2.46. The number of nitrogens with zero attached hydrogens (tertiary/aromatic N) is 2. The van der Waals surface area contributed by atoms with Crippen LogP contribution in [0.25, 0.3) is 0 Å². The van der Waals surface area contributed by atoms with Crippen LogP contribution >= 0.6 is 0 Å². The number of rotatable bonds is 4. The molecule has 2 aromatic rings. The molecule has 5 nitrogen and oxygen atoms in total. The van der Waals surface area contributed by atoms with E-state index in [9.17, 15) is 0 Å². The van der Waals surface area contributed by atoms with E-state index >= 15 is 0 Å². The first-order valence-corrected chi connectivity index (χ1v) is 7.05. The Kier molecular flexibility index (Phi) is 3.69. The largest absolute Gasteiger partial charge is 0.485 e. The van der Waals surface area contributed by atoms with Gasteiger partial charge in [0.2, 0.25) is 11.7 Å². The van der Waals surface area contributed by atoms with Crippen molar-refractivity contribution in [3.05, 3.63) is 41.0 Å². The van der Waals surface area contributed by atoms with E-state index in [4.69, 9.17) is 15.0 Å². The van der Waals surface area contributed by atoms with E-state index < -0.39 is 0 Å². The lowest BCUT2D eigenvalue weighted by atomic mass is 9.92. The Morgan fingerprint density at radius 3 is 2.85 bits per heavy atom. The van der Waals surface area contributed by atoms with Crippen LogP contribution in [-0.4, -0.2) is 10.1 Å². The van der Waals surface area contributed by atoms with Gasteiger partial charge in [0, 0.05) is 0 Å². The quantitative estimate of drug-likeness (QED) is 0.926. The third kappa shape index (κ3) is 2.82. The summed E-state index contributed by atoms with van der Waals surface area (Å²) < 4.78 is 10.8. The van der Waals surface area contributed by atoms with Gasteiger partial charge in [-0.2, -0.15) is 4.98 Å². The van der Waals surface area contributed by atoms with Gasteiger partial charge in [-0.25, -0.2) is 0 Å². The summed E-state index contributed by atoms with van der Waals surface area (Å²) in [5.74, 6) is 1.82. The second-order valence-electron chi connectivity index (χ2n) is 5.26. The first-order valence-electron chi connectivity index (χ1n) is 7.05. The first-order chi connectivity index (χ1) is 9.72. The molecule has 5 heteroatoms. The van der Waals surface area contributed by atoms with E-state index in [1.165, 1.54) is 30.4 Å². The number of hydrogen-bond donors (Lipinski definition) is 1. The Balaban J connectivity index is 1.65. The minimum absolute atomic E-state index is 0.250. The summed E-state index contributed by atoms with van der Waals surface area (Å²) in [6.45, 7) is 2.11. The van der Waals surface area contributed by atoms with Crippen LogP contribution in [0.2, 0.25) is 0 Å². The van der Waals surface area contributed by atoms with Crippen LogP contribution in [0, 0.1) is 0 Å². The van der Waals surface area contributed by atoms with Crippen LogP contribution in [0.1, 0.15) is 48.6 Å². The predicted octanol–water partition coefficient (Wildman–Crippen LogP) is 2.55. The Hall–Kier alpha value is -1.88. The molecule has 1 aromatic carbocycles. The molecule has 1 aliphatic rings. The maximum Gasteiger partial charge on any atom is 0.243 e. The van der Waals surface area contributed by atoms with E-state index in [2.05, 4.69) is 22.3 Å². The summed E-state index contributed by atoms with van der Waals surface area (Å²) in [5.41, 5.74) is 8.52. The van der Waals surface area contributed by atoms with Crippen LogP contribution in [0.3, 0.4) is 0 Å². The van der Waals surface area contributed by atoms with Gasteiger partial charge in [0.05, 0.1) is 6.04 Å². The number of hydrogen-bond acceptors (Lipinski definition) is 5. The summed E-state index contributed by atoms with van der Waals surface area (Å²) in [4.78, 5) is 4.18. The lowest BCUT2D eigenvalue weighted by molar-refractivity contribution is 0.283. The van der Waals surface area contributed by atoms with Gasteiger partial charge in [-0.05, 0) is 55.9 Å². The predicted molar refractivity (Wildman–Crippen MR) is 74.3 cm³/mol. The summed E-state index contributed by atoms with van der Waals surface area (Å²) in [6.07, 6.45) is 4.87. The van der Waals surface area contributed by atoms with Gasteiger partial charge in [-0.1, -0.05) is 11.2 Å². The van der Waals surface area contributed by atoms with Gasteiger partial charge in [0.15, 0.2) is 6.61 Å². The molecule has 0 fully saturated rings. The Labute approximate surface area is 118 Å². The molecular formula is C15H19N3O2. The van der Waals surface area contributed by atoms with E-state index in [0.29, 0.717) is 18.3 Å². The molecule has 0 bridgehead atoms. The number of fused-ring (bicyclic) bond motifs is 1. The first kappa shape index (κ1) is 13.1. The minimum atomic E-state index is -0.250.